The normalized spacial score (nSPS) is 13.2. The van der Waals surface area contributed by atoms with Crippen LogP contribution in [-0.2, 0) is 9.59 Å². The van der Waals surface area contributed by atoms with Crippen molar-refractivity contribution < 1.29 is 14.3 Å². The number of Topliss-reactive ketones (excluding diaryl/α,β-unsaturated/α-hetero) is 1. The van der Waals surface area contributed by atoms with Crippen LogP contribution in [0.15, 0.2) is 24.5 Å². The van der Waals surface area contributed by atoms with Gasteiger partial charge in [0.05, 0.1) is 12.2 Å². The number of pyridine rings is 1. The molecule has 0 aliphatic carbocycles. The van der Waals surface area contributed by atoms with E-state index in [0.29, 0.717) is 31.4 Å². The number of unbranched alkanes of at least 4 members (excludes halogenated alkanes) is 4. The Morgan fingerprint density at radius 3 is 2.48 bits per heavy atom. The molecule has 0 aliphatic heterocycles. The number of nitrogens with zero attached hydrogens (tertiary/aromatic N) is 1. The zero-order valence-electron chi connectivity index (χ0n) is 15.2. The van der Waals surface area contributed by atoms with Crippen LogP contribution in [0.5, 0.6) is 5.75 Å². The first-order valence-corrected chi connectivity index (χ1v) is 9.20. The number of aromatic nitrogens is 1. The molecule has 0 aliphatic rings. The average Bonchev–Trinajstić information content (AvgIpc) is 2.61. The standard InChI is InChI=1S/C19H31N3O3/c1-2-3-4-5-6-12-18(23)16(20)10-7-11-17(21)19(24)25-15-9-8-13-22-14-15/h8-9,13-14,16-17H,2-7,10-12,20-21H2,1H3/t16?,17-/m0/s1. The lowest BCUT2D eigenvalue weighted by Crippen LogP contribution is -2.35. The van der Waals surface area contributed by atoms with E-state index >= 15 is 0 Å². The van der Waals surface area contributed by atoms with Crippen LogP contribution in [0.3, 0.4) is 0 Å². The molecule has 1 heterocycles. The molecule has 140 valence electrons. The molecule has 25 heavy (non-hydrogen) atoms. The summed E-state index contributed by atoms with van der Waals surface area (Å²) >= 11 is 0. The fourth-order valence-corrected chi connectivity index (χ4v) is 2.52. The van der Waals surface area contributed by atoms with Crippen LogP contribution < -0.4 is 16.2 Å². The molecule has 6 nitrogen and oxygen atoms in total. The van der Waals surface area contributed by atoms with Gasteiger partial charge in [-0.2, -0.15) is 0 Å². The van der Waals surface area contributed by atoms with Crippen molar-refractivity contribution >= 4 is 11.8 Å². The van der Waals surface area contributed by atoms with Crippen molar-refractivity contribution in [1.29, 1.82) is 0 Å². The van der Waals surface area contributed by atoms with Crippen LogP contribution in [0.4, 0.5) is 0 Å². The van der Waals surface area contributed by atoms with Gasteiger partial charge in [0.1, 0.15) is 17.6 Å². The second-order valence-electron chi connectivity index (χ2n) is 6.38. The number of hydrogen-bond acceptors (Lipinski definition) is 6. The molecule has 2 atom stereocenters. The van der Waals surface area contributed by atoms with Gasteiger partial charge in [-0.05, 0) is 37.8 Å². The highest BCUT2D eigenvalue weighted by Gasteiger charge is 2.18. The number of ketones is 1. The lowest BCUT2D eigenvalue weighted by molar-refractivity contribution is -0.136. The van der Waals surface area contributed by atoms with Crippen LogP contribution in [0.1, 0.15) is 64.7 Å². The molecule has 0 fully saturated rings. The van der Waals surface area contributed by atoms with Gasteiger partial charge in [0.2, 0.25) is 0 Å². The van der Waals surface area contributed by atoms with Gasteiger partial charge in [-0.3, -0.25) is 9.78 Å². The summed E-state index contributed by atoms with van der Waals surface area (Å²) in [7, 11) is 0. The maximum Gasteiger partial charge on any atom is 0.328 e. The monoisotopic (exact) mass is 349 g/mol. The number of ether oxygens (including phenoxy) is 1. The SMILES string of the molecule is CCCCCCCC(=O)C(N)CCC[C@H](N)C(=O)Oc1cccnc1. The number of rotatable bonds is 13. The fourth-order valence-electron chi connectivity index (χ4n) is 2.52. The van der Waals surface area contributed by atoms with E-state index in [-0.39, 0.29) is 5.78 Å². The number of esters is 1. The third-order valence-electron chi connectivity index (χ3n) is 4.13. The molecule has 0 spiro atoms. The maximum absolute atomic E-state index is 12.0. The second-order valence-corrected chi connectivity index (χ2v) is 6.38. The first-order valence-electron chi connectivity index (χ1n) is 9.20. The second kappa shape index (κ2) is 12.6. The topological polar surface area (TPSA) is 108 Å². The van der Waals surface area contributed by atoms with Crippen molar-refractivity contribution in [1.82, 2.24) is 4.98 Å². The van der Waals surface area contributed by atoms with E-state index in [1.807, 2.05) is 0 Å². The van der Waals surface area contributed by atoms with E-state index in [0.717, 1.165) is 12.8 Å². The maximum atomic E-state index is 12.0. The Balaban J connectivity index is 2.17. The first-order chi connectivity index (χ1) is 12.0. The summed E-state index contributed by atoms with van der Waals surface area (Å²) in [4.78, 5) is 27.7. The predicted molar refractivity (Wildman–Crippen MR) is 98.1 cm³/mol. The van der Waals surface area contributed by atoms with Crippen LogP contribution >= 0.6 is 0 Å². The Hall–Kier alpha value is -1.79. The van der Waals surface area contributed by atoms with Gasteiger partial charge < -0.3 is 16.2 Å². The Morgan fingerprint density at radius 1 is 1.08 bits per heavy atom. The number of nitrogens with two attached hydrogens (primary N) is 2. The van der Waals surface area contributed by atoms with Gasteiger partial charge >= 0.3 is 5.97 Å². The van der Waals surface area contributed by atoms with Crippen molar-refractivity contribution in [2.24, 2.45) is 11.5 Å². The molecule has 1 rings (SSSR count). The molecular weight excluding hydrogens is 318 g/mol. The van der Waals surface area contributed by atoms with Gasteiger partial charge in [0.15, 0.2) is 0 Å². The zero-order valence-corrected chi connectivity index (χ0v) is 15.2. The Morgan fingerprint density at radius 2 is 1.80 bits per heavy atom. The van der Waals surface area contributed by atoms with Gasteiger partial charge in [0, 0.05) is 12.6 Å². The molecule has 0 radical (unpaired) electrons. The van der Waals surface area contributed by atoms with Crippen molar-refractivity contribution in [2.45, 2.75) is 76.8 Å². The van der Waals surface area contributed by atoms with E-state index in [9.17, 15) is 9.59 Å². The molecule has 0 amide bonds. The van der Waals surface area contributed by atoms with Crippen LogP contribution in [0, 0.1) is 0 Å². The van der Waals surface area contributed by atoms with Crippen molar-refractivity contribution in [3.63, 3.8) is 0 Å². The summed E-state index contributed by atoms with van der Waals surface area (Å²) in [5.41, 5.74) is 11.8. The molecule has 0 saturated heterocycles. The molecule has 6 heteroatoms. The van der Waals surface area contributed by atoms with Gasteiger partial charge in [-0.1, -0.05) is 32.6 Å². The minimum atomic E-state index is -0.725. The molecular formula is C19H31N3O3. The van der Waals surface area contributed by atoms with Crippen molar-refractivity contribution in [2.75, 3.05) is 0 Å². The first kappa shape index (κ1) is 21.3. The largest absolute Gasteiger partial charge is 0.424 e. The number of hydrogen-bond donors (Lipinski definition) is 2. The third kappa shape index (κ3) is 9.31. The summed E-state index contributed by atoms with van der Waals surface area (Å²) < 4.78 is 5.14. The van der Waals surface area contributed by atoms with E-state index in [2.05, 4.69) is 11.9 Å². The summed E-state index contributed by atoms with van der Waals surface area (Å²) in [5, 5.41) is 0. The minimum absolute atomic E-state index is 0.100. The summed E-state index contributed by atoms with van der Waals surface area (Å²) in [6.45, 7) is 2.16. The summed E-state index contributed by atoms with van der Waals surface area (Å²) in [6, 6.07) is 2.14. The zero-order chi connectivity index (χ0) is 18.5. The van der Waals surface area contributed by atoms with Crippen molar-refractivity contribution in [3.8, 4) is 5.75 Å². The van der Waals surface area contributed by atoms with Crippen LogP contribution in [-0.4, -0.2) is 28.8 Å². The smallest absolute Gasteiger partial charge is 0.328 e. The van der Waals surface area contributed by atoms with Crippen LogP contribution in [0.2, 0.25) is 0 Å². The molecule has 1 unspecified atom stereocenters. The highest BCUT2D eigenvalue weighted by atomic mass is 16.5. The van der Waals surface area contributed by atoms with Gasteiger partial charge in [0.25, 0.3) is 0 Å². The van der Waals surface area contributed by atoms with Gasteiger partial charge in [-0.25, -0.2) is 4.79 Å². The molecule has 4 N–H and O–H groups in total. The molecule has 1 aromatic rings. The Bertz CT molecular complexity index is 508. The summed E-state index contributed by atoms with van der Waals surface area (Å²) in [6.07, 6.45) is 10.8. The number of carbonyl (C=O) groups excluding carboxylic acids is 2. The molecule has 1 aromatic heterocycles. The van der Waals surface area contributed by atoms with Crippen LogP contribution in [0.25, 0.3) is 0 Å². The molecule has 0 bridgehead atoms. The van der Waals surface area contributed by atoms with E-state index < -0.39 is 18.1 Å². The van der Waals surface area contributed by atoms with E-state index in [1.54, 1.807) is 18.3 Å². The minimum Gasteiger partial charge on any atom is -0.424 e. The van der Waals surface area contributed by atoms with E-state index in [1.165, 1.54) is 25.5 Å². The predicted octanol–water partition coefficient (Wildman–Crippen LogP) is 2.74. The summed E-state index contributed by atoms with van der Waals surface area (Å²) in [5.74, 6) is -0.0234. The quantitative estimate of drug-likeness (QED) is 0.419. The highest BCUT2D eigenvalue weighted by molar-refractivity contribution is 5.83. The lowest BCUT2D eigenvalue weighted by Gasteiger charge is -2.13. The average molecular weight is 349 g/mol. The van der Waals surface area contributed by atoms with E-state index in [4.69, 9.17) is 16.2 Å². The lowest BCUT2D eigenvalue weighted by atomic mass is 9.99. The number of carbonyl (C=O) groups is 2. The molecule has 0 aromatic carbocycles. The Kier molecular flexibility index (Phi) is 10.7. The fraction of sp³-hybridized carbons (Fsp3) is 0.632. The Labute approximate surface area is 150 Å². The highest BCUT2D eigenvalue weighted by Crippen LogP contribution is 2.11. The molecule has 0 saturated carbocycles. The third-order valence-corrected chi connectivity index (χ3v) is 4.13. The van der Waals surface area contributed by atoms with Gasteiger partial charge in [-0.15, -0.1) is 0 Å². The van der Waals surface area contributed by atoms with Crippen molar-refractivity contribution in [3.05, 3.63) is 24.5 Å².